The highest BCUT2D eigenvalue weighted by molar-refractivity contribution is 5.20. The third-order valence-corrected chi connectivity index (χ3v) is 2.00. The fourth-order valence-electron chi connectivity index (χ4n) is 0.928. The highest BCUT2D eigenvalue weighted by atomic mass is 16.6. The molecule has 0 bridgehead atoms. The summed E-state index contributed by atoms with van der Waals surface area (Å²) in [6.07, 6.45) is -0.611. The molecule has 2 rings (SSSR count). The molecule has 0 radical (unpaired) electrons. The van der Waals surface area contributed by atoms with Gasteiger partial charge in [0, 0.05) is 0 Å². The van der Waals surface area contributed by atoms with Crippen LogP contribution < -0.4 is 4.74 Å². The predicted molar refractivity (Wildman–Crippen MR) is 61.9 cm³/mol. The molecule has 0 aliphatic carbocycles. The molecule has 0 saturated carbocycles. The van der Waals surface area contributed by atoms with Crippen molar-refractivity contribution in [2.24, 2.45) is 0 Å². The van der Waals surface area contributed by atoms with Crippen molar-refractivity contribution in [3.05, 3.63) is 30.3 Å². The Morgan fingerprint density at radius 1 is 1.24 bits per heavy atom. The normalized spacial score (nSPS) is 17.3. The average Bonchev–Trinajstić information content (AvgIpc) is 3.21. The minimum atomic E-state index is -0.954. The third-order valence-electron chi connectivity index (χ3n) is 2.00. The summed E-state index contributed by atoms with van der Waals surface area (Å²) in [7, 11) is 0. The van der Waals surface area contributed by atoms with Crippen molar-refractivity contribution >= 4 is 0 Å². The Labute approximate surface area is 100 Å². The molecule has 1 atom stereocenters. The van der Waals surface area contributed by atoms with Gasteiger partial charge < -0.3 is 24.8 Å². The van der Waals surface area contributed by atoms with Gasteiger partial charge in [-0.15, -0.1) is 0 Å². The van der Waals surface area contributed by atoms with Gasteiger partial charge in [-0.25, -0.2) is 0 Å². The minimum Gasteiger partial charge on any atom is -0.491 e. The van der Waals surface area contributed by atoms with Gasteiger partial charge in [0.1, 0.15) is 24.6 Å². The van der Waals surface area contributed by atoms with Crippen molar-refractivity contribution in [1.82, 2.24) is 0 Å². The van der Waals surface area contributed by atoms with Gasteiger partial charge in [0.2, 0.25) is 0 Å². The summed E-state index contributed by atoms with van der Waals surface area (Å²) in [5.74, 6) is 0.919. The Hall–Kier alpha value is -1.14. The Balaban J connectivity index is 0.000000209. The van der Waals surface area contributed by atoms with E-state index in [1.807, 2.05) is 30.3 Å². The summed E-state index contributed by atoms with van der Waals surface area (Å²) in [6, 6.07) is 9.79. The lowest BCUT2D eigenvalue weighted by molar-refractivity contribution is 0.0450. The topological polar surface area (TPSA) is 82.5 Å². The van der Waals surface area contributed by atoms with Crippen LogP contribution in [-0.2, 0) is 4.74 Å². The largest absolute Gasteiger partial charge is 0.491 e. The average molecular weight is 242 g/mol. The molecule has 1 aliphatic rings. The molecule has 0 amide bonds. The lowest BCUT2D eigenvalue weighted by Crippen LogP contribution is -2.15. The highest BCUT2D eigenvalue weighted by Crippen LogP contribution is 2.13. The third kappa shape index (κ3) is 6.91. The number of aliphatic hydroxyl groups is 3. The first-order valence-corrected chi connectivity index (χ1v) is 5.45. The van der Waals surface area contributed by atoms with E-state index in [-0.39, 0.29) is 13.2 Å². The zero-order valence-corrected chi connectivity index (χ0v) is 9.53. The second kappa shape index (κ2) is 8.03. The van der Waals surface area contributed by atoms with Crippen LogP contribution in [0.2, 0.25) is 0 Å². The van der Waals surface area contributed by atoms with Crippen molar-refractivity contribution in [2.45, 2.75) is 12.2 Å². The maximum absolute atomic E-state index is 8.17. The molecule has 1 aromatic rings. The van der Waals surface area contributed by atoms with Crippen molar-refractivity contribution in [2.75, 3.05) is 26.4 Å². The van der Waals surface area contributed by atoms with Gasteiger partial charge in [0.25, 0.3) is 0 Å². The second-order valence-corrected chi connectivity index (χ2v) is 3.60. The monoisotopic (exact) mass is 242 g/mol. The number of hydrogen-bond acceptors (Lipinski definition) is 5. The van der Waals surface area contributed by atoms with Crippen LogP contribution in [0.1, 0.15) is 0 Å². The molecule has 3 N–H and O–H groups in total. The summed E-state index contributed by atoms with van der Waals surface area (Å²) in [6.45, 7) is 0.809. The van der Waals surface area contributed by atoms with Gasteiger partial charge in [-0.3, -0.25) is 0 Å². The van der Waals surface area contributed by atoms with Crippen LogP contribution >= 0.6 is 0 Å². The van der Waals surface area contributed by atoms with Crippen molar-refractivity contribution in [1.29, 1.82) is 0 Å². The van der Waals surface area contributed by atoms with E-state index in [9.17, 15) is 0 Å². The molecule has 5 heteroatoms. The van der Waals surface area contributed by atoms with Crippen LogP contribution in [0.15, 0.2) is 30.3 Å². The molecule has 0 aromatic heterocycles. The van der Waals surface area contributed by atoms with Gasteiger partial charge in [0.15, 0.2) is 0 Å². The predicted octanol–water partition coefficient (Wildman–Crippen LogP) is -0.204. The Morgan fingerprint density at radius 2 is 1.82 bits per heavy atom. The van der Waals surface area contributed by atoms with Crippen LogP contribution in [0.3, 0.4) is 0 Å². The standard InChI is InChI=1S/C9H10O2.C3H8O3/c1-2-4-8(5-3-1)10-6-9-7-11-9;4-1-3(6)2-5/h1-5,9H,6-7H2;3-6H,1-2H2. The Kier molecular flexibility index (Phi) is 6.57. The lowest BCUT2D eigenvalue weighted by Gasteiger charge is -2.01. The molecule has 17 heavy (non-hydrogen) atoms. The number of rotatable bonds is 5. The van der Waals surface area contributed by atoms with Gasteiger partial charge >= 0.3 is 0 Å². The number of ether oxygens (including phenoxy) is 2. The summed E-state index contributed by atoms with van der Waals surface area (Å²) in [5, 5.41) is 24.0. The van der Waals surface area contributed by atoms with E-state index in [2.05, 4.69) is 0 Å². The summed E-state index contributed by atoms with van der Waals surface area (Å²) < 4.78 is 10.4. The Morgan fingerprint density at radius 3 is 2.24 bits per heavy atom. The lowest BCUT2D eigenvalue weighted by atomic mass is 10.3. The van der Waals surface area contributed by atoms with Gasteiger partial charge in [-0.05, 0) is 12.1 Å². The molecule has 1 saturated heterocycles. The van der Waals surface area contributed by atoms with E-state index in [4.69, 9.17) is 24.8 Å². The highest BCUT2D eigenvalue weighted by Gasteiger charge is 2.22. The first-order valence-electron chi connectivity index (χ1n) is 5.45. The first-order chi connectivity index (χ1) is 8.26. The molecular formula is C12H18O5. The molecule has 1 aliphatic heterocycles. The van der Waals surface area contributed by atoms with Crippen LogP contribution in [0.25, 0.3) is 0 Å². The van der Waals surface area contributed by atoms with Crippen molar-refractivity contribution < 1.29 is 24.8 Å². The molecule has 1 aromatic carbocycles. The van der Waals surface area contributed by atoms with E-state index >= 15 is 0 Å². The summed E-state index contributed by atoms with van der Waals surface area (Å²) in [4.78, 5) is 0. The number of benzene rings is 1. The molecule has 96 valence electrons. The fraction of sp³-hybridized carbons (Fsp3) is 0.500. The van der Waals surface area contributed by atoms with Gasteiger partial charge in [0.05, 0.1) is 19.8 Å². The summed E-state index contributed by atoms with van der Waals surface area (Å²) >= 11 is 0. The van der Waals surface area contributed by atoms with Crippen molar-refractivity contribution in [3.63, 3.8) is 0 Å². The van der Waals surface area contributed by atoms with Crippen molar-refractivity contribution in [3.8, 4) is 5.75 Å². The van der Waals surface area contributed by atoms with Crippen LogP contribution in [0, 0.1) is 0 Å². The zero-order chi connectivity index (χ0) is 12.5. The molecule has 1 heterocycles. The molecule has 0 spiro atoms. The van der Waals surface area contributed by atoms with E-state index in [1.165, 1.54) is 0 Å². The maximum Gasteiger partial charge on any atom is 0.119 e. The number of hydrogen-bond donors (Lipinski definition) is 3. The molecule has 5 nitrogen and oxygen atoms in total. The first kappa shape index (κ1) is 13.9. The van der Waals surface area contributed by atoms with Crippen LogP contribution in [0.5, 0.6) is 5.75 Å². The van der Waals surface area contributed by atoms with E-state index in [1.54, 1.807) is 0 Å². The van der Waals surface area contributed by atoms with E-state index in [0.29, 0.717) is 12.7 Å². The van der Waals surface area contributed by atoms with Crippen LogP contribution in [-0.4, -0.2) is 54.0 Å². The molecule has 1 unspecified atom stereocenters. The van der Waals surface area contributed by atoms with Crippen LogP contribution in [0.4, 0.5) is 0 Å². The smallest absolute Gasteiger partial charge is 0.119 e. The van der Waals surface area contributed by atoms with E-state index in [0.717, 1.165) is 12.4 Å². The number of aliphatic hydroxyl groups excluding tert-OH is 3. The quantitative estimate of drug-likeness (QED) is 0.623. The zero-order valence-electron chi connectivity index (χ0n) is 9.53. The summed E-state index contributed by atoms with van der Waals surface area (Å²) in [5.41, 5.74) is 0. The second-order valence-electron chi connectivity index (χ2n) is 3.60. The molecule has 1 fully saturated rings. The fourth-order valence-corrected chi connectivity index (χ4v) is 0.928. The minimum absolute atomic E-state index is 0.343. The van der Waals surface area contributed by atoms with Gasteiger partial charge in [-0.2, -0.15) is 0 Å². The van der Waals surface area contributed by atoms with Gasteiger partial charge in [-0.1, -0.05) is 18.2 Å². The number of epoxide rings is 1. The maximum atomic E-state index is 8.17. The number of para-hydroxylation sites is 1. The SMILES string of the molecule is OCC(O)CO.c1ccc(OCC2CO2)cc1. The molecular weight excluding hydrogens is 224 g/mol. The Bertz CT molecular complexity index is 282. The van der Waals surface area contributed by atoms with E-state index < -0.39 is 6.10 Å².